The zero-order valence-corrected chi connectivity index (χ0v) is 10.9. The summed E-state index contributed by atoms with van der Waals surface area (Å²) in [6.07, 6.45) is 1.92. The Labute approximate surface area is 109 Å². The van der Waals surface area contributed by atoms with Crippen molar-refractivity contribution in [3.63, 3.8) is 0 Å². The molecule has 0 amide bonds. The van der Waals surface area contributed by atoms with E-state index < -0.39 is 0 Å². The van der Waals surface area contributed by atoms with Crippen molar-refractivity contribution < 1.29 is 0 Å². The van der Waals surface area contributed by atoms with Crippen molar-refractivity contribution in [2.75, 3.05) is 5.88 Å². The fraction of sp³-hybridized carbons (Fsp3) is 0.250. The Morgan fingerprint density at radius 1 is 1.31 bits per heavy atom. The highest BCUT2D eigenvalue weighted by Crippen LogP contribution is 2.26. The number of thiazole rings is 1. The molecule has 0 fully saturated rings. The lowest BCUT2D eigenvalue weighted by molar-refractivity contribution is 0.900. The van der Waals surface area contributed by atoms with E-state index in [2.05, 4.69) is 10.4 Å². The van der Waals surface area contributed by atoms with Crippen molar-refractivity contribution in [1.29, 1.82) is 0 Å². The molecule has 0 atom stereocenters. The molecule has 0 aliphatic heterocycles. The van der Waals surface area contributed by atoms with Gasteiger partial charge in [-0.1, -0.05) is 23.7 Å². The molecule has 0 saturated heterocycles. The first-order valence-electron chi connectivity index (χ1n) is 5.06. The van der Waals surface area contributed by atoms with Crippen LogP contribution >= 0.6 is 34.5 Å². The van der Waals surface area contributed by atoms with Crippen LogP contribution in [0, 0.1) is 0 Å². The first-order valence-corrected chi connectivity index (χ1v) is 6.85. The number of hydrogen-bond acceptors (Lipinski definition) is 2. The third-order valence-corrected chi connectivity index (χ3v) is 3.63. The molecule has 1 aromatic carbocycles. The average Bonchev–Trinajstić information content (AvgIpc) is 2.75. The third kappa shape index (κ3) is 2.97. The van der Waals surface area contributed by atoms with Gasteiger partial charge in [0.25, 0.3) is 0 Å². The van der Waals surface area contributed by atoms with Gasteiger partial charge in [0.2, 0.25) is 0 Å². The summed E-state index contributed by atoms with van der Waals surface area (Å²) in [5.41, 5.74) is 2.19. The Morgan fingerprint density at radius 3 is 2.94 bits per heavy atom. The van der Waals surface area contributed by atoms with Gasteiger partial charge in [-0.2, -0.15) is 0 Å². The molecule has 0 aliphatic rings. The largest absolute Gasteiger partial charge is 0.241 e. The van der Waals surface area contributed by atoms with Gasteiger partial charge in [-0.25, -0.2) is 4.98 Å². The van der Waals surface area contributed by atoms with Gasteiger partial charge in [0, 0.05) is 21.8 Å². The maximum Gasteiger partial charge on any atom is 0.123 e. The van der Waals surface area contributed by atoms with Crippen molar-refractivity contribution in [2.24, 2.45) is 0 Å². The number of halogens is 2. The Hall–Kier alpha value is -0.570. The van der Waals surface area contributed by atoms with Gasteiger partial charge in [0.15, 0.2) is 0 Å². The maximum atomic E-state index is 5.94. The molecule has 1 aromatic heterocycles. The second kappa shape index (κ2) is 5.67. The molecule has 0 aliphatic carbocycles. The van der Waals surface area contributed by atoms with Gasteiger partial charge < -0.3 is 0 Å². The van der Waals surface area contributed by atoms with Crippen LogP contribution < -0.4 is 0 Å². The molecular formula is C12H11Cl2NS. The molecule has 0 spiro atoms. The van der Waals surface area contributed by atoms with E-state index in [1.807, 2.05) is 24.3 Å². The second-order valence-electron chi connectivity index (χ2n) is 3.45. The summed E-state index contributed by atoms with van der Waals surface area (Å²) in [6.45, 7) is 0. The highest BCUT2D eigenvalue weighted by Gasteiger charge is 2.04. The van der Waals surface area contributed by atoms with Crippen LogP contribution in [0.5, 0.6) is 0 Å². The summed E-state index contributed by atoms with van der Waals surface area (Å²) in [5, 5.41) is 3.85. The molecule has 0 unspecified atom stereocenters. The number of hydrogen-bond donors (Lipinski definition) is 0. The molecular weight excluding hydrogens is 261 g/mol. The van der Waals surface area contributed by atoms with E-state index in [0.29, 0.717) is 5.88 Å². The molecule has 0 saturated carbocycles. The van der Waals surface area contributed by atoms with Crippen LogP contribution in [0.2, 0.25) is 5.02 Å². The molecule has 0 N–H and O–H groups in total. The molecule has 1 heterocycles. The highest BCUT2D eigenvalue weighted by molar-refractivity contribution is 7.13. The predicted octanol–water partition coefficient (Wildman–Crippen LogP) is 4.63. The van der Waals surface area contributed by atoms with E-state index in [0.717, 1.165) is 34.1 Å². The van der Waals surface area contributed by atoms with Crippen LogP contribution in [-0.4, -0.2) is 10.9 Å². The van der Waals surface area contributed by atoms with Crippen molar-refractivity contribution in [3.8, 4) is 10.6 Å². The molecule has 2 rings (SSSR count). The SMILES string of the molecule is ClCCCc1csc(-c2cccc(Cl)c2)n1. The van der Waals surface area contributed by atoms with Gasteiger partial charge in [0.1, 0.15) is 5.01 Å². The summed E-state index contributed by atoms with van der Waals surface area (Å²) in [4.78, 5) is 4.56. The molecule has 84 valence electrons. The number of benzene rings is 1. The number of aromatic nitrogens is 1. The Bertz CT molecular complexity index is 468. The van der Waals surface area contributed by atoms with Crippen molar-refractivity contribution in [1.82, 2.24) is 4.98 Å². The van der Waals surface area contributed by atoms with E-state index in [4.69, 9.17) is 23.2 Å². The summed E-state index contributed by atoms with van der Waals surface area (Å²) >= 11 is 13.2. The quantitative estimate of drug-likeness (QED) is 0.739. The van der Waals surface area contributed by atoms with E-state index in [1.165, 1.54) is 0 Å². The van der Waals surface area contributed by atoms with E-state index in [9.17, 15) is 0 Å². The van der Waals surface area contributed by atoms with E-state index in [-0.39, 0.29) is 0 Å². The lowest BCUT2D eigenvalue weighted by Crippen LogP contribution is -1.86. The summed E-state index contributed by atoms with van der Waals surface area (Å²) in [7, 11) is 0. The fourth-order valence-corrected chi connectivity index (χ4v) is 2.60. The van der Waals surface area contributed by atoms with E-state index in [1.54, 1.807) is 11.3 Å². The Morgan fingerprint density at radius 2 is 2.19 bits per heavy atom. The van der Waals surface area contributed by atoms with Gasteiger partial charge >= 0.3 is 0 Å². The second-order valence-corrected chi connectivity index (χ2v) is 5.12. The zero-order chi connectivity index (χ0) is 11.4. The third-order valence-electron chi connectivity index (χ3n) is 2.19. The van der Waals surface area contributed by atoms with E-state index >= 15 is 0 Å². The molecule has 2 aromatic rings. The smallest absolute Gasteiger partial charge is 0.123 e. The Balaban J connectivity index is 2.18. The standard InChI is InChI=1S/C12H11Cl2NS/c13-6-2-5-11-8-16-12(15-11)9-3-1-4-10(14)7-9/h1,3-4,7-8H,2,5-6H2. The van der Waals surface area contributed by atoms with Crippen LogP contribution in [0.15, 0.2) is 29.6 Å². The van der Waals surface area contributed by atoms with Crippen LogP contribution in [0.3, 0.4) is 0 Å². The summed E-state index contributed by atoms with van der Waals surface area (Å²) in [5.74, 6) is 0.685. The lowest BCUT2D eigenvalue weighted by Gasteiger charge is -1.96. The molecule has 0 bridgehead atoms. The highest BCUT2D eigenvalue weighted by atomic mass is 35.5. The van der Waals surface area contributed by atoms with Crippen molar-refractivity contribution >= 4 is 34.5 Å². The monoisotopic (exact) mass is 271 g/mol. The van der Waals surface area contributed by atoms with Crippen LogP contribution in [0.25, 0.3) is 10.6 Å². The van der Waals surface area contributed by atoms with Gasteiger partial charge in [-0.15, -0.1) is 22.9 Å². The maximum absolute atomic E-state index is 5.94. The van der Waals surface area contributed by atoms with Gasteiger partial charge in [0.05, 0.1) is 5.69 Å². The Kier molecular flexibility index (Phi) is 4.22. The van der Waals surface area contributed by atoms with Gasteiger partial charge in [-0.05, 0) is 25.0 Å². The van der Waals surface area contributed by atoms with Crippen LogP contribution in [0.4, 0.5) is 0 Å². The number of alkyl halides is 1. The normalized spacial score (nSPS) is 10.6. The first kappa shape index (κ1) is 11.9. The minimum Gasteiger partial charge on any atom is -0.241 e. The molecule has 0 radical (unpaired) electrons. The number of aryl methyl sites for hydroxylation is 1. The van der Waals surface area contributed by atoms with Gasteiger partial charge in [-0.3, -0.25) is 0 Å². The average molecular weight is 272 g/mol. The molecule has 16 heavy (non-hydrogen) atoms. The predicted molar refractivity (Wildman–Crippen MR) is 71.6 cm³/mol. The van der Waals surface area contributed by atoms with Crippen LogP contribution in [-0.2, 0) is 6.42 Å². The minimum absolute atomic E-state index is 0.685. The molecule has 1 nitrogen and oxygen atoms in total. The summed E-state index contributed by atoms with van der Waals surface area (Å²) < 4.78 is 0. The van der Waals surface area contributed by atoms with Crippen molar-refractivity contribution in [2.45, 2.75) is 12.8 Å². The number of nitrogens with zero attached hydrogens (tertiary/aromatic N) is 1. The number of rotatable bonds is 4. The van der Waals surface area contributed by atoms with Crippen LogP contribution in [0.1, 0.15) is 12.1 Å². The zero-order valence-electron chi connectivity index (χ0n) is 8.62. The minimum atomic E-state index is 0.685. The lowest BCUT2D eigenvalue weighted by atomic mass is 10.2. The summed E-state index contributed by atoms with van der Waals surface area (Å²) in [6, 6.07) is 7.77. The topological polar surface area (TPSA) is 12.9 Å². The molecule has 4 heteroatoms. The fourth-order valence-electron chi connectivity index (χ4n) is 1.42. The van der Waals surface area contributed by atoms with Crippen molar-refractivity contribution in [3.05, 3.63) is 40.4 Å². The first-order chi connectivity index (χ1) is 7.79.